The van der Waals surface area contributed by atoms with E-state index in [1.54, 1.807) is 0 Å². The fourth-order valence-electron chi connectivity index (χ4n) is 1.63. The van der Waals surface area contributed by atoms with Crippen LogP contribution in [0.2, 0.25) is 0 Å². The zero-order valence-electron chi connectivity index (χ0n) is 9.11. The van der Waals surface area contributed by atoms with Crippen LogP contribution in [-0.4, -0.2) is 29.4 Å². The Morgan fingerprint density at radius 2 is 2.33 bits per heavy atom. The number of thiazole rings is 1. The zero-order chi connectivity index (χ0) is 10.3. The summed E-state index contributed by atoms with van der Waals surface area (Å²) in [7, 11) is 2.03. The van der Waals surface area contributed by atoms with Crippen LogP contribution >= 0.6 is 11.3 Å². The molecule has 0 spiro atoms. The minimum Gasteiger partial charge on any atom is -0.542 e. The van der Waals surface area contributed by atoms with Crippen LogP contribution in [-0.2, 0) is 6.42 Å². The Bertz CT molecular complexity index is 380. The third-order valence-electron chi connectivity index (χ3n) is 2.64. The standard InChI is InChI=1S/C9H12N2O2S.Li/c1-5-7-6(3-4-11(5)2)10-8(14-7)9(12)13;/h5H,3-4H2,1-2H3,(H,12,13);/q;+1/p-1. The number of rotatable bonds is 1. The van der Waals surface area contributed by atoms with Gasteiger partial charge in [0.05, 0.1) is 5.69 Å². The molecule has 76 valence electrons. The molecule has 1 atom stereocenters. The summed E-state index contributed by atoms with van der Waals surface area (Å²) in [6.45, 7) is 3.00. The Labute approximate surface area is 104 Å². The topological polar surface area (TPSA) is 56.3 Å². The van der Waals surface area contributed by atoms with E-state index in [1.165, 1.54) is 11.3 Å². The Balaban J connectivity index is 0.00000112. The first-order chi connectivity index (χ1) is 6.59. The second-order valence-corrected chi connectivity index (χ2v) is 4.55. The van der Waals surface area contributed by atoms with Gasteiger partial charge >= 0.3 is 18.9 Å². The number of fused-ring (bicyclic) bond motifs is 1. The van der Waals surface area contributed by atoms with Gasteiger partial charge in [0.1, 0.15) is 11.0 Å². The molecule has 1 aromatic heterocycles. The van der Waals surface area contributed by atoms with Gasteiger partial charge in [-0.2, -0.15) is 0 Å². The van der Waals surface area contributed by atoms with E-state index in [0.29, 0.717) is 0 Å². The Kier molecular flexibility index (Phi) is 3.96. The van der Waals surface area contributed by atoms with Gasteiger partial charge in [0.25, 0.3) is 0 Å². The van der Waals surface area contributed by atoms with Gasteiger partial charge in [0.15, 0.2) is 0 Å². The Morgan fingerprint density at radius 1 is 1.67 bits per heavy atom. The van der Waals surface area contributed by atoms with Crippen molar-refractivity contribution in [3.8, 4) is 0 Å². The van der Waals surface area contributed by atoms with E-state index >= 15 is 0 Å². The molecule has 2 heterocycles. The number of hydrogen-bond donors (Lipinski definition) is 0. The summed E-state index contributed by atoms with van der Waals surface area (Å²) in [4.78, 5) is 18.0. The van der Waals surface area contributed by atoms with Crippen molar-refractivity contribution in [3.63, 3.8) is 0 Å². The molecular weight excluding hydrogens is 207 g/mol. The van der Waals surface area contributed by atoms with Gasteiger partial charge in [0, 0.05) is 23.9 Å². The molecule has 0 aliphatic carbocycles. The van der Waals surface area contributed by atoms with E-state index < -0.39 is 5.97 Å². The van der Waals surface area contributed by atoms with Gasteiger partial charge in [-0.1, -0.05) is 0 Å². The third-order valence-corrected chi connectivity index (χ3v) is 3.89. The molecule has 0 saturated carbocycles. The largest absolute Gasteiger partial charge is 1.00 e. The van der Waals surface area contributed by atoms with E-state index in [0.717, 1.165) is 23.5 Å². The minimum atomic E-state index is -1.17. The number of aromatic carboxylic acids is 1. The number of carboxylic acids is 1. The number of likely N-dealkylation sites (N-methyl/N-ethyl adjacent to an activating group) is 1. The summed E-state index contributed by atoms with van der Waals surface area (Å²) in [5, 5.41) is 10.7. The SMILES string of the molecule is CC1c2sc(C(=O)[O-])nc2CCN1C.[Li+]. The van der Waals surface area contributed by atoms with E-state index in [-0.39, 0.29) is 29.9 Å². The number of carbonyl (C=O) groups is 1. The molecule has 0 amide bonds. The van der Waals surface area contributed by atoms with Crippen LogP contribution in [0.3, 0.4) is 0 Å². The third kappa shape index (κ3) is 2.26. The van der Waals surface area contributed by atoms with Crippen molar-refractivity contribution >= 4 is 17.3 Å². The van der Waals surface area contributed by atoms with Gasteiger partial charge in [-0.3, -0.25) is 4.90 Å². The van der Waals surface area contributed by atoms with Crippen LogP contribution in [0.5, 0.6) is 0 Å². The molecule has 1 aliphatic heterocycles. The van der Waals surface area contributed by atoms with Crippen molar-refractivity contribution in [2.45, 2.75) is 19.4 Å². The monoisotopic (exact) mass is 218 g/mol. The first-order valence-corrected chi connectivity index (χ1v) is 5.32. The van der Waals surface area contributed by atoms with Crippen LogP contribution in [0.1, 0.15) is 33.3 Å². The first kappa shape index (κ1) is 12.7. The van der Waals surface area contributed by atoms with Crippen LogP contribution < -0.4 is 24.0 Å². The van der Waals surface area contributed by atoms with Crippen LogP contribution in [0, 0.1) is 0 Å². The fraction of sp³-hybridized carbons (Fsp3) is 0.556. The fourth-order valence-corrected chi connectivity index (χ4v) is 2.70. The predicted molar refractivity (Wildman–Crippen MR) is 51.2 cm³/mol. The molecule has 6 heteroatoms. The van der Waals surface area contributed by atoms with E-state index in [4.69, 9.17) is 0 Å². The van der Waals surface area contributed by atoms with Gasteiger partial charge in [-0.05, 0) is 14.0 Å². The maximum Gasteiger partial charge on any atom is 1.00 e. The second-order valence-electron chi connectivity index (χ2n) is 3.52. The molecule has 2 rings (SSSR count). The molecule has 1 aromatic rings. The average Bonchev–Trinajstić information content (AvgIpc) is 2.56. The van der Waals surface area contributed by atoms with Crippen LogP contribution in [0.4, 0.5) is 0 Å². The summed E-state index contributed by atoms with van der Waals surface area (Å²) in [5.74, 6) is -1.17. The number of hydrogen-bond acceptors (Lipinski definition) is 5. The van der Waals surface area contributed by atoms with Gasteiger partial charge in [0.2, 0.25) is 0 Å². The number of carbonyl (C=O) groups excluding carboxylic acids is 1. The van der Waals surface area contributed by atoms with Gasteiger partial charge < -0.3 is 9.90 Å². The molecule has 0 aromatic carbocycles. The van der Waals surface area contributed by atoms with Gasteiger partial charge in [-0.15, -0.1) is 11.3 Å². The second kappa shape index (κ2) is 4.66. The summed E-state index contributed by atoms with van der Waals surface area (Å²) in [5.41, 5.74) is 0.930. The van der Waals surface area contributed by atoms with Crippen molar-refractivity contribution in [2.75, 3.05) is 13.6 Å². The van der Waals surface area contributed by atoms with Crippen LogP contribution in [0.15, 0.2) is 0 Å². The van der Waals surface area contributed by atoms with Crippen molar-refractivity contribution in [1.82, 2.24) is 9.88 Å². The maximum atomic E-state index is 10.6. The first-order valence-electron chi connectivity index (χ1n) is 4.50. The maximum absolute atomic E-state index is 10.6. The molecule has 0 bridgehead atoms. The Hall–Kier alpha value is -0.343. The van der Waals surface area contributed by atoms with E-state index in [2.05, 4.69) is 16.8 Å². The molecule has 1 aliphatic rings. The number of nitrogens with zero attached hydrogens (tertiary/aromatic N) is 2. The summed E-state index contributed by atoms with van der Waals surface area (Å²) in [6, 6.07) is 0.268. The normalized spacial score (nSPS) is 20.5. The van der Waals surface area contributed by atoms with Crippen LogP contribution in [0.25, 0.3) is 0 Å². The molecule has 0 fully saturated rings. The Morgan fingerprint density at radius 3 is 2.93 bits per heavy atom. The number of carboxylic acid groups (broad SMARTS) is 1. The molecule has 0 N–H and O–H groups in total. The van der Waals surface area contributed by atoms with Crippen molar-refractivity contribution < 1.29 is 28.8 Å². The zero-order valence-corrected chi connectivity index (χ0v) is 9.93. The summed E-state index contributed by atoms with van der Waals surface area (Å²) in [6.07, 6.45) is 0.833. The molecule has 15 heavy (non-hydrogen) atoms. The summed E-state index contributed by atoms with van der Waals surface area (Å²) < 4.78 is 0. The predicted octanol–water partition coefficient (Wildman–Crippen LogP) is -2.94. The van der Waals surface area contributed by atoms with Crippen molar-refractivity contribution in [1.29, 1.82) is 0 Å². The summed E-state index contributed by atoms with van der Waals surface area (Å²) >= 11 is 1.24. The van der Waals surface area contributed by atoms with Gasteiger partial charge in [-0.25, -0.2) is 4.98 Å². The van der Waals surface area contributed by atoms with E-state index in [9.17, 15) is 9.90 Å². The van der Waals surface area contributed by atoms with Crippen molar-refractivity contribution in [3.05, 3.63) is 15.6 Å². The smallest absolute Gasteiger partial charge is 0.542 e. The van der Waals surface area contributed by atoms with E-state index in [1.807, 2.05) is 7.05 Å². The minimum absolute atomic E-state index is 0. The quantitative estimate of drug-likeness (QED) is 0.473. The average molecular weight is 218 g/mol. The van der Waals surface area contributed by atoms with Crippen molar-refractivity contribution in [2.24, 2.45) is 0 Å². The molecule has 0 saturated heterocycles. The molecule has 4 nitrogen and oxygen atoms in total. The molecule has 1 unspecified atom stereocenters. The molecule has 0 radical (unpaired) electrons. The number of aromatic nitrogens is 1. The molecular formula is C9H11LiN2O2S.